The number of alkyl halides is 3. The molecule has 0 spiro atoms. The Balaban J connectivity index is 2.38. The Kier molecular flexibility index (Phi) is 5.98. The van der Waals surface area contributed by atoms with Crippen LogP contribution in [0.2, 0.25) is 0 Å². The van der Waals surface area contributed by atoms with Crippen molar-refractivity contribution in [3.05, 3.63) is 12.4 Å². The van der Waals surface area contributed by atoms with Crippen molar-refractivity contribution in [3.8, 4) is 0 Å². The van der Waals surface area contributed by atoms with E-state index in [4.69, 9.17) is 0 Å². The number of rotatable bonds is 5. The van der Waals surface area contributed by atoms with E-state index in [9.17, 15) is 22.2 Å². The van der Waals surface area contributed by atoms with Gasteiger partial charge in [0.15, 0.2) is 0 Å². The van der Waals surface area contributed by atoms with Crippen molar-refractivity contribution >= 4 is 22.5 Å². The van der Waals surface area contributed by atoms with Gasteiger partial charge in [-0.25, -0.2) is 4.79 Å². The average Bonchev–Trinajstić information content (AvgIpc) is 2.72. The molecule has 0 saturated heterocycles. The Bertz CT molecular complexity index is 537. The highest BCUT2D eigenvalue weighted by Gasteiger charge is 2.28. The summed E-state index contributed by atoms with van der Waals surface area (Å²) in [5.74, 6) is 0.296. The molecule has 0 saturated carbocycles. The van der Waals surface area contributed by atoms with Gasteiger partial charge < -0.3 is 10.6 Å². The van der Waals surface area contributed by atoms with Crippen LogP contribution in [0.5, 0.6) is 0 Å². The zero-order valence-electron chi connectivity index (χ0n) is 12.5. The molecule has 0 aliphatic rings. The largest absolute Gasteiger partial charge is 0.408 e. The van der Waals surface area contributed by atoms with Gasteiger partial charge in [0.25, 0.3) is 0 Å². The molecule has 0 fully saturated rings. The van der Waals surface area contributed by atoms with Crippen molar-refractivity contribution in [2.24, 2.45) is 0 Å². The topological polar surface area (TPSA) is 76.0 Å². The first kappa shape index (κ1) is 18.5. The molecule has 1 rings (SSSR count). The first-order valence-electron chi connectivity index (χ1n) is 6.50. The van der Waals surface area contributed by atoms with Crippen molar-refractivity contribution in [2.45, 2.75) is 38.2 Å². The van der Waals surface area contributed by atoms with Gasteiger partial charge in [-0.3, -0.25) is 8.89 Å². The molecule has 0 aliphatic carbocycles. The monoisotopic (exact) mass is 340 g/mol. The number of halogens is 3. The lowest BCUT2D eigenvalue weighted by Gasteiger charge is -2.17. The van der Waals surface area contributed by atoms with E-state index < -0.39 is 29.6 Å². The number of carbonyl (C=O) groups excluding carboxylic acids is 1. The van der Waals surface area contributed by atoms with Crippen molar-refractivity contribution in [1.29, 1.82) is 0 Å². The van der Waals surface area contributed by atoms with Crippen molar-refractivity contribution in [2.75, 3.05) is 17.6 Å². The first-order valence-corrected chi connectivity index (χ1v) is 7.82. The summed E-state index contributed by atoms with van der Waals surface area (Å²) < 4.78 is 48.6. The molecule has 0 bridgehead atoms. The Morgan fingerprint density at radius 3 is 2.55 bits per heavy atom. The van der Waals surface area contributed by atoms with E-state index in [1.807, 2.05) is 20.8 Å². The molecular weight excluding hydrogens is 321 g/mol. The number of hydrogen-bond donors (Lipinski definition) is 2. The number of urea groups is 1. The number of carbonyl (C=O) groups is 1. The molecule has 22 heavy (non-hydrogen) atoms. The Morgan fingerprint density at radius 2 is 2.00 bits per heavy atom. The molecule has 126 valence electrons. The second-order valence-corrected chi connectivity index (χ2v) is 7.91. The van der Waals surface area contributed by atoms with Crippen molar-refractivity contribution in [3.63, 3.8) is 0 Å². The third kappa shape index (κ3) is 6.92. The minimum Gasteiger partial charge on any atom is -0.337 e. The highest BCUT2D eigenvalue weighted by molar-refractivity contribution is 7.86. The van der Waals surface area contributed by atoms with Crippen LogP contribution in [0.4, 0.5) is 23.7 Å². The van der Waals surface area contributed by atoms with E-state index in [0.717, 1.165) is 12.4 Å². The molecule has 0 aromatic carbocycles. The van der Waals surface area contributed by atoms with E-state index in [2.05, 4.69) is 15.7 Å². The van der Waals surface area contributed by atoms with Crippen LogP contribution in [0.1, 0.15) is 20.8 Å². The second kappa shape index (κ2) is 7.12. The van der Waals surface area contributed by atoms with E-state index in [1.54, 1.807) is 0 Å². The van der Waals surface area contributed by atoms with Crippen LogP contribution in [0, 0.1) is 0 Å². The average molecular weight is 340 g/mol. The molecule has 0 unspecified atom stereocenters. The van der Waals surface area contributed by atoms with Crippen LogP contribution in [0.25, 0.3) is 0 Å². The highest BCUT2D eigenvalue weighted by atomic mass is 32.2. The molecule has 2 amide bonds. The first-order chi connectivity index (χ1) is 9.97. The van der Waals surface area contributed by atoms with E-state index in [1.165, 1.54) is 0 Å². The zero-order valence-corrected chi connectivity index (χ0v) is 13.3. The predicted molar refractivity (Wildman–Crippen MR) is 78.1 cm³/mol. The van der Waals surface area contributed by atoms with Crippen molar-refractivity contribution in [1.82, 2.24) is 15.1 Å². The highest BCUT2D eigenvalue weighted by Crippen LogP contribution is 2.18. The zero-order chi connectivity index (χ0) is 17.0. The third-order valence-electron chi connectivity index (χ3n) is 2.49. The summed E-state index contributed by atoms with van der Waals surface area (Å²) in [7, 11) is -1.09. The maximum atomic E-state index is 12.2. The quantitative estimate of drug-likeness (QED) is 0.862. The summed E-state index contributed by atoms with van der Waals surface area (Å²) in [6.45, 7) is 4.47. The van der Waals surface area contributed by atoms with Gasteiger partial charge in [0.2, 0.25) is 0 Å². The molecule has 1 heterocycles. The second-order valence-electron chi connectivity index (χ2n) is 5.58. The molecule has 10 heteroatoms. The maximum absolute atomic E-state index is 12.2. The summed E-state index contributed by atoms with van der Waals surface area (Å²) in [5.41, 5.74) is 0.152. The number of amides is 2. The number of nitrogens with one attached hydrogen (secondary N) is 2. The maximum Gasteiger partial charge on any atom is 0.408 e. The van der Waals surface area contributed by atoms with E-state index in [0.29, 0.717) is 10.4 Å². The van der Waals surface area contributed by atoms with Crippen LogP contribution in [0.3, 0.4) is 0 Å². The SMILES string of the molecule is CC(C)(C)[S@@](=O)CCNC(=O)Nc1cnn(CC(F)(F)F)c1. The van der Waals surface area contributed by atoms with Crippen LogP contribution < -0.4 is 10.6 Å². The van der Waals surface area contributed by atoms with Gasteiger partial charge in [-0.15, -0.1) is 0 Å². The minimum absolute atomic E-state index is 0.152. The molecule has 2 N–H and O–H groups in total. The summed E-state index contributed by atoms with van der Waals surface area (Å²) in [4.78, 5) is 11.6. The lowest BCUT2D eigenvalue weighted by molar-refractivity contribution is -0.142. The van der Waals surface area contributed by atoms with Gasteiger partial charge in [-0.1, -0.05) is 0 Å². The number of nitrogens with zero attached hydrogens (tertiary/aromatic N) is 2. The van der Waals surface area contributed by atoms with Gasteiger partial charge >= 0.3 is 12.2 Å². The molecule has 0 radical (unpaired) electrons. The number of anilines is 1. The van der Waals surface area contributed by atoms with E-state index in [-0.39, 0.29) is 17.0 Å². The molecule has 6 nitrogen and oxygen atoms in total. The Hall–Kier alpha value is -1.58. The smallest absolute Gasteiger partial charge is 0.337 e. The summed E-state index contributed by atoms with van der Waals surface area (Å²) in [6, 6.07) is -0.586. The molecular formula is C12H19F3N4O2S. The molecule has 1 aromatic heterocycles. The van der Waals surface area contributed by atoms with E-state index >= 15 is 0 Å². The van der Waals surface area contributed by atoms with Gasteiger partial charge in [0, 0.05) is 34.0 Å². The fraction of sp³-hybridized carbons (Fsp3) is 0.667. The Morgan fingerprint density at radius 1 is 1.36 bits per heavy atom. The summed E-state index contributed by atoms with van der Waals surface area (Å²) in [6.07, 6.45) is -2.17. The fourth-order valence-electron chi connectivity index (χ4n) is 1.44. The van der Waals surface area contributed by atoms with Crippen LogP contribution in [-0.4, -0.2) is 43.2 Å². The summed E-state index contributed by atoms with van der Waals surface area (Å²) >= 11 is 0. The lowest BCUT2D eigenvalue weighted by Crippen LogP contribution is -2.35. The van der Waals surface area contributed by atoms with Gasteiger partial charge in [-0.2, -0.15) is 18.3 Å². The Labute approximate surface area is 128 Å². The fourth-order valence-corrected chi connectivity index (χ4v) is 2.34. The molecule has 1 aromatic rings. The van der Waals surface area contributed by atoms with Crippen molar-refractivity contribution < 1.29 is 22.2 Å². The lowest BCUT2D eigenvalue weighted by atomic mass is 10.3. The minimum atomic E-state index is -4.37. The normalized spacial score (nSPS) is 13.7. The molecule has 1 atom stereocenters. The van der Waals surface area contributed by atoms with Gasteiger partial charge in [0.05, 0.1) is 11.9 Å². The predicted octanol–water partition coefficient (Wildman–Crippen LogP) is 2.11. The number of aromatic nitrogens is 2. The van der Waals surface area contributed by atoms with Crippen LogP contribution >= 0.6 is 0 Å². The van der Waals surface area contributed by atoms with Gasteiger partial charge in [0.1, 0.15) is 6.54 Å². The van der Waals surface area contributed by atoms with Crippen LogP contribution in [-0.2, 0) is 17.3 Å². The van der Waals surface area contributed by atoms with Crippen LogP contribution in [0.15, 0.2) is 12.4 Å². The standard InChI is InChI=1S/C12H19F3N4O2S/c1-11(2,3)22(21)5-4-16-10(20)18-9-6-17-19(7-9)8-12(13,14)15/h6-7H,4-5,8H2,1-3H3,(H2,16,18,20)/t22-/m0/s1. The third-order valence-corrected chi connectivity index (χ3v) is 4.43. The summed E-state index contributed by atoms with van der Waals surface area (Å²) in [5, 5.41) is 8.35. The van der Waals surface area contributed by atoms with Gasteiger partial charge in [-0.05, 0) is 20.8 Å². The number of hydrogen-bond acceptors (Lipinski definition) is 3. The molecule has 0 aliphatic heterocycles.